The van der Waals surface area contributed by atoms with E-state index in [9.17, 15) is 0 Å². The van der Waals surface area contributed by atoms with Crippen molar-refractivity contribution in [2.24, 2.45) is 5.73 Å². The summed E-state index contributed by atoms with van der Waals surface area (Å²) in [6.45, 7) is 6.51. The van der Waals surface area contributed by atoms with Crippen molar-refractivity contribution in [1.29, 1.82) is 0 Å². The molecule has 0 aliphatic heterocycles. The van der Waals surface area contributed by atoms with E-state index in [1.165, 1.54) is 5.56 Å². The largest absolute Gasteiger partial charge is 0.329 e. The maximum absolute atomic E-state index is 5.45. The molecule has 3 N–H and O–H groups in total. The van der Waals surface area contributed by atoms with Crippen molar-refractivity contribution < 1.29 is 0 Å². The fourth-order valence-corrected chi connectivity index (χ4v) is 1.82. The van der Waals surface area contributed by atoms with Gasteiger partial charge in [-0.3, -0.25) is 0 Å². The summed E-state index contributed by atoms with van der Waals surface area (Å²) in [6.07, 6.45) is 3.74. The molecule has 0 saturated heterocycles. The number of nitrogens with zero attached hydrogens (tertiary/aromatic N) is 3. The number of aromatic nitrogens is 3. The molecule has 0 spiro atoms. The molecule has 5 nitrogen and oxygen atoms in total. The fraction of sp³-hybridized carbons (Fsp3) is 0.500. The van der Waals surface area contributed by atoms with Crippen LogP contribution in [0.2, 0.25) is 0 Å². The molecular formula is C12H19N5. The maximum atomic E-state index is 5.45. The fourth-order valence-electron chi connectivity index (χ4n) is 1.82. The van der Waals surface area contributed by atoms with Crippen LogP contribution in [0.25, 0.3) is 5.65 Å². The Morgan fingerprint density at radius 1 is 1.47 bits per heavy atom. The van der Waals surface area contributed by atoms with Crippen LogP contribution in [0.15, 0.2) is 18.5 Å². The summed E-state index contributed by atoms with van der Waals surface area (Å²) in [7, 11) is 0. The highest BCUT2D eigenvalue weighted by Crippen LogP contribution is 2.18. The molecule has 0 radical (unpaired) electrons. The van der Waals surface area contributed by atoms with Crippen molar-refractivity contribution in [3.05, 3.63) is 29.7 Å². The van der Waals surface area contributed by atoms with Crippen molar-refractivity contribution in [2.75, 3.05) is 13.1 Å². The number of nitrogens with two attached hydrogens (primary N) is 1. The number of hydrogen-bond acceptors (Lipinski definition) is 4. The molecule has 0 unspecified atom stereocenters. The molecule has 0 amide bonds. The van der Waals surface area contributed by atoms with Crippen LogP contribution in [-0.2, 0) is 6.54 Å². The third-order valence-corrected chi connectivity index (χ3v) is 2.76. The molecule has 0 aliphatic rings. The van der Waals surface area contributed by atoms with E-state index in [0.717, 1.165) is 24.4 Å². The highest BCUT2D eigenvalue weighted by molar-refractivity contribution is 5.48. The molecule has 2 aromatic rings. The van der Waals surface area contributed by atoms with Crippen molar-refractivity contribution in [2.45, 2.75) is 26.3 Å². The predicted octanol–water partition coefficient (Wildman–Crippen LogP) is 0.901. The quantitative estimate of drug-likeness (QED) is 0.753. The third-order valence-electron chi connectivity index (χ3n) is 2.76. The minimum absolute atomic E-state index is 0.437. The molecular weight excluding hydrogens is 214 g/mol. The Morgan fingerprint density at radius 2 is 2.29 bits per heavy atom. The van der Waals surface area contributed by atoms with Gasteiger partial charge in [-0.2, -0.15) is 5.10 Å². The average molecular weight is 233 g/mol. The zero-order valence-corrected chi connectivity index (χ0v) is 10.3. The van der Waals surface area contributed by atoms with Gasteiger partial charge in [0, 0.05) is 31.4 Å². The lowest BCUT2D eigenvalue weighted by atomic mass is 10.1. The SMILES string of the molecule is CC(C)c1cnn2c(CNCCN)ccnc12. The molecule has 92 valence electrons. The van der Waals surface area contributed by atoms with Gasteiger partial charge in [-0.1, -0.05) is 13.8 Å². The minimum Gasteiger partial charge on any atom is -0.329 e. The van der Waals surface area contributed by atoms with Gasteiger partial charge in [-0.25, -0.2) is 9.50 Å². The van der Waals surface area contributed by atoms with E-state index < -0.39 is 0 Å². The molecule has 2 heterocycles. The van der Waals surface area contributed by atoms with Crippen LogP contribution >= 0.6 is 0 Å². The van der Waals surface area contributed by atoms with Gasteiger partial charge in [-0.15, -0.1) is 0 Å². The van der Waals surface area contributed by atoms with E-state index in [1.807, 2.05) is 23.0 Å². The summed E-state index contributed by atoms with van der Waals surface area (Å²) in [5.74, 6) is 0.437. The van der Waals surface area contributed by atoms with E-state index in [1.54, 1.807) is 0 Å². The number of fused-ring (bicyclic) bond motifs is 1. The Morgan fingerprint density at radius 3 is 3.00 bits per heavy atom. The minimum atomic E-state index is 0.437. The topological polar surface area (TPSA) is 68.2 Å². The van der Waals surface area contributed by atoms with Crippen molar-refractivity contribution >= 4 is 5.65 Å². The van der Waals surface area contributed by atoms with Gasteiger partial charge in [0.2, 0.25) is 0 Å². The van der Waals surface area contributed by atoms with Gasteiger partial charge < -0.3 is 11.1 Å². The summed E-state index contributed by atoms with van der Waals surface area (Å²) in [5.41, 5.74) is 8.70. The molecule has 0 atom stereocenters. The highest BCUT2D eigenvalue weighted by atomic mass is 15.3. The van der Waals surface area contributed by atoms with Gasteiger partial charge >= 0.3 is 0 Å². The Balaban J connectivity index is 2.31. The first-order chi connectivity index (χ1) is 8.24. The second-order valence-electron chi connectivity index (χ2n) is 4.39. The van der Waals surface area contributed by atoms with Gasteiger partial charge in [0.1, 0.15) is 0 Å². The van der Waals surface area contributed by atoms with Gasteiger partial charge in [0.05, 0.1) is 11.9 Å². The normalized spacial score (nSPS) is 11.5. The Hall–Kier alpha value is -1.46. The van der Waals surface area contributed by atoms with E-state index in [4.69, 9.17) is 5.73 Å². The zero-order chi connectivity index (χ0) is 12.3. The summed E-state index contributed by atoms with van der Waals surface area (Å²) in [5, 5.41) is 7.67. The van der Waals surface area contributed by atoms with Crippen molar-refractivity contribution in [3.63, 3.8) is 0 Å². The summed E-state index contributed by atoms with van der Waals surface area (Å²) in [4.78, 5) is 4.40. The van der Waals surface area contributed by atoms with Crippen LogP contribution in [-0.4, -0.2) is 27.7 Å². The van der Waals surface area contributed by atoms with Crippen LogP contribution in [0.5, 0.6) is 0 Å². The molecule has 0 saturated carbocycles. The first-order valence-corrected chi connectivity index (χ1v) is 5.96. The van der Waals surface area contributed by atoms with Crippen LogP contribution in [0.1, 0.15) is 31.0 Å². The maximum Gasteiger partial charge on any atom is 0.158 e. The summed E-state index contributed by atoms with van der Waals surface area (Å²) < 4.78 is 1.90. The Kier molecular flexibility index (Phi) is 3.71. The zero-order valence-electron chi connectivity index (χ0n) is 10.3. The summed E-state index contributed by atoms with van der Waals surface area (Å²) in [6, 6.07) is 1.98. The standard InChI is InChI=1S/C12H19N5/c1-9(2)11-8-16-17-10(7-14-6-4-13)3-5-15-12(11)17/h3,5,8-9,14H,4,6-7,13H2,1-2H3. The van der Waals surface area contributed by atoms with E-state index in [0.29, 0.717) is 12.5 Å². The monoisotopic (exact) mass is 233 g/mol. The van der Waals surface area contributed by atoms with Crippen LogP contribution in [0, 0.1) is 0 Å². The lowest BCUT2D eigenvalue weighted by Gasteiger charge is -2.06. The Bertz CT molecular complexity index is 489. The van der Waals surface area contributed by atoms with Crippen molar-refractivity contribution in [1.82, 2.24) is 19.9 Å². The van der Waals surface area contributed by atoms with E-state index >= 15 is 0 Å². The van der Waals surface area contributed by atoms with Crippen LogP contribution in [0.3, 0.4) is 0 Å². The molecule has 0 aliphatic carbocycles. The smallest absolute Gasteiger partial charge is 0.158 e. The first kappa shape index (κ1) is 12.0. The molecule has 0 fully saturated rings. The second kappa shape index (κ2) is 5.25. The van der Waals surface area contributed by atoms with Gasteiger partial charge in [-0.05, 0) is 12.0 Å². The van der Waals surface area contributed by atoms with E-state index in [2.05, 4.69) is 29.2 Å². The summed E-state index contributed by atoms with van der Waals surface area (Å²) >= 11 is 0. The van der Waals surface area contributed by atoms with Gasteiger partial charge in [0.15, 0.2) is 5.65 Å². The predicted molar refractivity (Wildman–Crippen MR) is 67.8 cm³/mol. The number of nitrogens with one attached hydrogen (secondary N) is 1. The first-order valence-electron chi connectivity index (χ1n) is 5.96. The second-order valence-corrected chi connectivity index (χ2v) is 4.39. The highest BCUT2D eigenvalue weighted by Gasteiger charge is 2.10. The Labute approximate surface area is 101 Å². The molecule has 2 aromatic heterocycles. The van der Waals surface area contributed by atoms with Crippen molar-refractivity contribution in [3.8, 4) is 0 Å². The van der Waals surface area contributed by atoms with Crippen LogP contribution < -0.4 is 11.1 Å². The molecule has 0 aromatic carbocycles. The molecule has 0 bridgehead atoms. The number of hydrogen-bond donors (Lipinski definition) is 2. The molecule has 2 rings (SSSR count). The molecule has 5 heteroatoms. The average Bonchev–Trinajstić information content (AvgIpc) is 2.74. The van der Waals surface area contributed by atoms with Gasteiger partial charge in [0.25, 0.3) is 0 Å². The lowest BCUT2D eigenvalue weighted by Crippen LogP contribution is -2.23. The lowest BCUT2D eigenvalue weighted by molar-refractivity contribution is 0.662. The third kappa shape index (κ3) is 2.45. The van der Waals surface area contributed by atoms with Crippen LogP contribution in [0.4, 0.5) is 0 Å². The molecule has 17 heavy (non-hydrogen) atoms. The number of rotatable bonds is 5. The van der Waals surface area contributed by atoms with E-state index in [-0.39, 0.29) is 0 Å².